The summed E-state index contributed by atoms with van der Waals surface area (Å²) in [5.74, 6) is 1.32. The third kappa shape index (κ3) is 2.65. The largest absolute Gasteiger partial charge is 0.449 e. The number of furan rings is 1. The van der Waals surface area contributed by atoms with Crippen LogP contribution in [0.5, 0.6) is 0 Å². The van der Waals surface area contributed by atoms with Crippen molar-refractivity contribution >= 4 is 22.1 Å². The standard InChI is InChI=1S/C18H21N3O2/c1-11-5-6-14-13(8-11)16-17(23-14)18(22)20-15(19-16)9-12-4-3-7-21(2)10-12/h5-6,8,12H,3-4,7,9-10H2,1-2H3,(H,19,20,22). The highest BCUT2D eigenvalue weighted by Gasteiger charge is 2.20. The van der Waals surface area contributed by atoms with Gasteiger partial charge in [-0.3, -0.25) is 4.79 Å². The van der Waals surface area contributed by atoms with E-state index >= 15 is 0 Å². The molecule has 1 aliphatic rings. The summed E-state index contributed by atoms with van der Waals surface area (Å²) in [6.07, 6.45) is 3.22. The molecule has 5 heteroatoms. The molecule has 3 heterocycles. The molecule has 3 aromatic rings. The van der Waals surface area contributed by atoms with Crippen LogP contribution in [-0.2, 0) is 6.42 Å². The van der Waals surface area contributed by atoms with Gasteiger partial charge in [-0.1, -0.05) is 11.6 Å². The maximum absolute atomic E-state index is 12.4. The normalized spacial score (nSPS) is 19.7. The molecule has 0 bridgehead atoms. The maximum atomic E-state index is 12.4. The summed E-state index contributed by atoms with van der Waals surface area (Å²) < 4.78 is 5.69. The molecule has 1 N–H and O–H groups in total. The van der Waals surface area contributed by atoms with E-state index in [1.807, 2.05) is 25.1 Å². The first-order valence-electron chi connectivity index (χ1n) is 8.21. The number of hydrogen-bond donors (Lipinski definition) is 1. The molecule has 23 heavy (non-hydrogen) atoms. The van der Waals surface area contributed by atoms with Crippen LogP contribution in [0.3, 0.4) is 0 Å². The molecule has 1 aromatic carbocycles. The number of aromatic nitrogens is 2. The Morgan fingerprint density at radius 2 is 2.30 bits per heavy atom. The minimum absolute atomic E-state index is 0.178. The van der Waals surface area contributed by atoms with E-state index in [9.17, 15) is 4.79 Å². The molecule has 0 amide bonds. The Morgan fingerprint density at radius 3 is 3.13 bits per heavy atom. The Morgan fingerprint density at radius 1 is 1.43 bits per heavy atom. The summed E-state index contributed by atoms with van der Waals surface area (Å²) in [6, 6.07) is 5.92. The van der Waals surface area contributed by atoms with E-state index in [4.69, 9.17) is 9.40 Å². The van der Waals surface area contributed by atoms with Crippen molar-refractivity contribution in [3.8, 4) is 0 Å². The van der Waals surface area contributed by atoms with Crippen LogP contribution >= 0.6 is 0 Å². The van der Waals surface area contributed by atoms with Crippen LogP contribution in [0.25, 0.3) is 22.1 Å². The van der Waals surface area contributed by atoms with E-state index in [0.29, 0.717) is 17.0 Å². The number of benzene rings is 1. The fraction of sp³-hybridized carbons (Fsp3) is 0.444. The number of aryl methyl sites for hydroxylation is 1. The zero-order valence-electron chi connectivity index (χ0n) is 13.6. The number of likely N-dealkylation sites (tertiary alicyclic amines) is 1. The van der Waals surface area contributed by atoms with Gasteiger partial charge in [0.15, 0.2) is 0 Å². The van der Waals surface area contributed by atoms with Gasteiger partial charge in [0, 0.05) is 18.4 Å². The predicted molar refractivity (Wildman–Crippen MR) is 90.8 cm³/mol. The zero-order chi connectivity index (χ0) is 16.0. The van der Waals surface area contributed by atoms with Crippen molar-refractivity contribution in [2.45, 2.75) is 26.2 Å². The number of rotatable bonds is 2. The molecule has 0 spiro atoms. The number of nitrogens with zero attached hydrogens (tertiary/aromatic N) is 2. The van der Waals surface area contributed by atoms with Crippen molar-refractivity contribution in [2.24, 2.45) is 5.92 Å². The van der Waals surface area contributed by atoms with Gasteiger partial charge in [-0.25, -0.2) is 4.98 Å². The summed E-state index contributed by atoms with van der Waals surface area (Å²) >= 11 is 0. The third-order valence-electron chi connectivity index (χ3n) is 4.73. The van der Waals surface area contributed by atoms with Crippen LogP contribution < -0.4 is 5.56 Å². The van der Waals surface area contributed by atoms with Crippen molar-refractivity contribution in [2.75, 3.05) is 20.1 Å². The lowest BCUT2D eigenvalue weighted by molar-refractivity contribution is 0.207. The SMILES string of the molecule is Cc1ccc2oc3c(=O)[nH]c(CC4CCCN(C)C4)nc3c2c1. The minimum Gasteiger partial charge on any atom is -0.449 e. The van der Waals surface area contributed by atoms with Crippen LogP contribution in [0.4, 0.5) is 0 Å². The highest BCUT2D eigenvalue weighted by atomic mass is 16.3. The Hall–Kier alpha value is -2.14. The van der Waals surface area contributed by atoms with Crippen LogP contribution in [0.15, 0.2) is 27.4 Å². The minimum atomic E-state index is -0.178. The van der Waals surface area contributed by atoms with E-state index in [1.54, 1.807) is 0 Å². The second-order valence-corrected chi connectivity index (χ2v) is 6.77. The van der Waals surface area contributed by atoms with Gasteiger partial charge in [-0.15, -0.1) is 0 Å². The van der Waals surface area contributed by atoms with Gasteiger partial charge in [0.2, 0.25) is 5.58 Å². The molecule has 0 saturated carbocycles. The molecule has 0 radical (unpaired) electrons. The van der Waals surface area contributed by atoms with Crippen molar-refractivity contribution < 1.29 is 4.42 Å². The first kappa shape index (κ1) is 14.5. The molecule has 1 unspecified atom stereocenters. The molecule has 5 nitrogen and oxygen atoms in total. The van der Waals surface area contributed by atoms with E-state index in [1.165, 1.54) is 12.8 Å². The van der Waals surface area contributed by atoms with E-state index in [0.717, 1.165) is 41.9 Å². The van der Waals surface area contributed by atoms with Crippen LogP contribution in [0.1, 0.15) is 24.2 Å². The van der Waals surface area contributed by atoms with Crippen molar-refractivity contribution in [1.82, 2.24) is 14.9 Å². The average molecular weight is 311 g/mol. The molecule has 1 aliphatic heterocycles. The predicted octanol–water partition coefficient (Wildman–Crippen LogP) is 2.86. The summed E-state index contributed by atoms with van der Waals surface area (Å²) in [7, 11) is 2.15. The highest BCUT2D eigenvalue weighted by Crippen LogP contribution is 2.26. The topological polar surface area (TPSA) is 62.1 Å². The summed E-state index contributed by atoms with van der Waals surface area (Å²) in [6.45, 7) is 4.25. The number of piperidine rings is 1. The van der Waals surface area contributed by atoms with Gasteiger partial charge in [-0.05, 0) is 51.4 Å². The molecule has 1 fully saturated rings. The summed E-state index contributed by atoms with van der Waals surface area (Å²) in [5, 5.41) is 0.924. The van der Waals surface area contributed by atoms with Gasteiger partial charge in [0.1, 0.15) is 16.9 Å². The van der Waals surface area contributed by atoms with Crippen molar-refractivity contribution in [3.63, 3.8) is 0 Å². The fourth-order valence-corrected chi connectivity index (χ4v) is 3.62. The summed E-state index contributed by atoms with van der Waals surface area (Å²) in [4.78, 5) is 22.3. The Balaban J connectivity index is 1.77. The second-order valence-electron chi connectivity index (χ2n) is 6.77. The lowest BCUT2D eigenvalue weighted by Gasteiger charge is -2.29. The summed E-state index contributed by atoms with van der Waals surface area (Å²) in [5.41, 5.74) is 2.70. The zero-order valence-corrected chi connectivity index (χ0v) is 13.6. The second kappa shape index (κ2) is 5.49. The number of fused-ring (bicyclic) bond motifs is 3. The average Bonchev–Trinajstić information content (AvgIpc) is 2.86. The van der Waals surface area contributed by atoms with Gasteiger partial charge in [0.05, 0.1) is 0 Å². The molecule has 1 saturated heterocycles. The lowest BCUT2D eigenvalue weighted by Crippen LogP contribution is -2.33. The molecule has 120 valence electrons. The molecular formula is C18H21N3O2. The smallest absolute Gasteiger partial charge is 0.294 e. The van der Waals surface area contributed by atoms with Crippen LogP contribution in [0.2, 0.25) is 0 Å². The number of H-pyrrole nitrogens is 1. The molecule has 1 atom stereocenters. The monoisotopic (exact) mass is 311 g/mol. The van der Waals surface area contributed by atoms with Gasteiger partial charge >= 0.3 is 0 Å². The molecular weight excluding hydrogens is 290 g/mol. The Bertz CT molecular complexity index is 925. The number of aromatic amines is 1. The van der Waals surface area contributed by atoms with E-state index in [-0.39, 0.29) is 5.56 Å². The van der Waals surface area contributed by atoms with Gasteiger partial charge in [0.25, 0.3) is 5.56 Å². The number of nitrogens with one attached hydrogen (secondary N) is 1. The molecule has 0 aliphatic carbocycles. The van der Waals surface area contributed by atoms with E-state index < -0.39 is 0 Å². The molecule has 4 rings (SSSR count). The van der Waals surface area contributed by atoms with E-state index in [2.05, 4.69) is 16.9 Å². The first-order valence-corrected chi connectivity index (χ1v) is 8.21. The third-order valence-corrected chi connectivity index (χ3v) is 4.73. The van der Waals surface area contributed by atoms with Crippen LogP contribution in [-0.4, -0.2) is 35.0 Å². The van der Waals surface area contributed by atoms with Crippen molar-refractivity contribution in [3.05, 3.63) is 39.9 Å². The quantitative estimate of drug-likeness (QED) is 0.790. The maximum Gasteiger partial charge on any atom is 0.294 e. The number of hydrogen-bond acceptors (Lipinski definition) is 4. The van der Waals surface area contributed by atoms with Gasteiger partial charge in [-0.2, -0.15) is 0 Å². The van der Waals surface area contributed by atoms with Crippen LogP contribution in [0, 0.1) is 12.8 Å². The highest BCUT2D eigenvalue weighted by molar-refractivity contribution is 6.02. The Kier molecular flexibility index (Phi) is 3.45. The van der Waals surface area contributed by atoms with Gasteiger partial charge < -0.3 is 14.3 Å². The van der Waals surface area contributed by atoms with Crippen molar-refractivity contribution in [1.29, 1.82) is 0 Å². The fourth-order valence-electron chi connectivity index (χ4n) is 3.62. The molecule has 2 aromatic heterocycles. The lowest BCUT2D eigenvalue weighted by atomic mass is 9.95. The first-order chi connectivity index (χ1) is 11.1. The Labute approximate surface area is 134 Å².